The Morgan fingerprint density at radius 1 is 1.42 bits per heavy atom. The third-order valence-corrected chi connectivity index (χ3v) is 2.73. The molecule has 1 heterocycles. The van der Waals surface area contributed by atoms with Gasteiger partial charge in [-0.05, 0) is 25.1 Å². The predicted molar refractivity (Wildman–Crippen MR) is 65.3 cm³/mol. The van der Waals surface area contributed by atoms with Gasteiger partial charge in [0.05, 0.1) is 7.11 Å². The van der Waals surface area contributed by atoms with Gasteiger partial charge in [0.15, 0.2) is 5.76 Å². The van der Waals surface area contributed by atoms with E-state index in [1.165, 1.54) is 25.3 Å². The quantitative estimate of drug-likeness (QED) is 0.859. The lowest BCUT2D eigenvalue weighted by Gasteiger charge is -2.01. The fraction of sp³-hybridized carbons (Fsp3) is 0.231. The summed E-state index contributed by atoms with van der Waals surface area (Å²) in [4.78, 5) is 22.8. The summed E-state index contributed by atoms with van der Waals surface area (Å²) < 4.78 is 22.9. The highest BCUT2D eigenvalue weighted by Crippen LogP contribution is 2.25. The molecule has 1 amide bonds. The van der Waals surface area contributed by atoms with Gasteiger partial charge in [0.25, 0.3) is 5.91 Å². The van der Waals surface area contributed by atoms with Crippen molar-refractivity contribution < 1.29 is 23.1 Å². The zero-order valence-corrected chi connectivity index (χ0v) is 10.5. The van der Waals surface area contributed by atoms with Crippen LogP contribution in [0.2, 0.25) is 0 Å². The molecule has 0 fully saturated rings. The van der Waals surface area contributed by atoms with E-state index in [2.05, 4.69) is 10.1 Å². The summed E-state index contributed by atoms with van der Waals surface area (Å²) in [5, 5.41) is 2.90. The topological polar surface area (TPSA) is 68.5 Å². The summed E-state index contributed by atoms with van der Waals surface area (Å²) in [6.45, 7) is 1.40. The molecule has 0 radical (unpaired) electrons. The standard InChI is InChI=1S/C13H12FNO4/c1-7-9-5-8(14)3-4-10(9)19-12(7)13(17)15-6-11(16)18-2/h3-5H,6H2,1-2H3,(H,15,17). The van der Waals surface area contributed by atoms with Crippen molar-refractivity contribution in [3.05, 3.63) is 35.3 Å². The number of nitrogens with one attached hydrogen (secondary N) is 1. The Kier molecular flexibility index (Phi) is 3.50. The van der Waals surface area contributed by atoms with Gasteiger partial charge in [0.1, 0.15) is 17.9 Å². The number of ether oxygens (including phenoxy) is 1. The van der Waals surface area contributed by atoms with Gasteiger partial charge in [-0.25, -0.2) is 4.39 Å². The van der Waals surface area contributed by atoms with Crippen molar-refractivity contribution in [1.29, 1.82) is 0 Å². The molecule has 0 aliphatic heterocycles. The van der Waals surface area contributed by atoms with E-state index in [1.54, 1.807) is 6.92 Å². The number of esters is 1. The Hall–Kier alpha value is -2.37. The normalized spacial score (nSPS) is 10.5. The van der Waals surface area contributed by atoms with E-state index >= 15 is 0 Å². The highest BCUT2D eigenvalue weighted by atomic mass is 19.1. The van der Waals surface area contributed by atoms with Crippen LogP contribution in [0.5, 0.6) is 0 Å². The summed E-state index contributed by atoms with van der Waals surface area (Å²) in [6.07, 6.45) is 0. The van der Waals surface area contributed by atoms with Crippen LogP contribution in [-0.4, -0.2) is 25.5 Å². The number of halogens is 1. The Bertz CT molecular complexity index is 647. The SMILES string of the molecule is COC(=O)CNC(=O)c1oc2ccc(F)cc2c1C. The van der Waals surface area contributed by atoms with Crippen LogP contribution in [0.15, 0.2) is 22.6 Å². The second kappa shape index (κ2) is 5.09. The van der Waals surface area contributed by atoms with E-state index in [0.29, 0.717) is 16.5 Å². The predicted octanol–water partition coefficient (Wildman–Crippen LogP) is 1.78. The number of hydrogen-bond donors (Lipinski definition) is 1. The summed E-state index contributed by atoms with van der Waals surface area (Å²) in [5.41, 5.74) is 0.944. The molecule has 5 nitrogen and oxygen atoms in total. The highest BCUT2D eigenvalue weighted by Gasteiger charge is 2.18. The third kappa shape index (κ3) is 2.57. The molecule has 1 N–H and O–H groups in total. The Labute approximate surface area is 108 Å². The number of fused-ring (bicyclic) bond motifs is 1. The lowest BCUT2D eigenvalue weighted by atomic mass is 10.1. The van der Waals surface area contributed by atoms with E-state index in [9.17, 15) is 14.0 Å². The molecule has 19 heavy (non-hydrogen) atoms. The number of rotatable bonds is 3. The largest absolute Gasteiger partial charge is 0.468 e. The van der Waals surface area contributed by atoms with E-state index in [1.807, 2.05) is 0 Å². The zero-order valence-electron chi connectivity index (χ0n) is 10.5. The van der Waals surface area contributed by atoms with Gasteiger partial charge in [-0.3, -0.25) is 9.59 Å². The van der Waals surface area contributed by atoms with Crippen LogP contribution in [0.3, 0.4) is 0 Å². The molecule has 0 bridgehead atoms. The first-order chi connectivity index (χ1) is 9.02. The zero-order chi connectivity index (χ0) is 14.0. The number of carbonyl (C=O) groups excluding carboxylic acids is 2. The van der Waals surface area contributed by atoms with Crippen LogP contribution in [0, 0.1) is 12.7 Å². The molecule has 0 spiro atoms. The average molecular weight is 265 g/mol. The van der Waals surface area contributed by atoms with Crippen molar-refractivity contribution in [3.8, 4) is 0 Å². The maximum Gasteiger partial charge on any atom is 0.325 e. The lowest BCUT2D eigenvalue weighted by molar-refractivity contribution is -0.139. The summed E-state index contributed by atoms with van der Waals surface area (Å²) in [6, 6.07) is 4.00. The lowest BCUT2D eigenvalue weighted by Crippen LogP contribution is -2.30. The van der Waals surface area contributed by atoms with Gasteiger partial charge < -0.3 is 14.5 Å². The van der Waals surface area contributed by atoms with Crippen molar-refractivity contribution in [2.75, 3.05) is 13.7 Å². The molecule has 2 rings (SSSR count). The van der Waals surface area contributed by atoms with Crippen LogP contribution in [0.25, 0.3) is 11.0 Å². The molecule has 0 saturated heterocycles. The Balaban J connectivity index is 2.27. The molecule has 2 aromatic rings. The van der Waals surface area contributed by atoms with Crippen molar-refractivity contribution in [2.24, 2.45) is 0 Å². The number of methoxy groups -OCH3 is 1. The van der Waals surface area contributed by atoms with Gasteiger partial charge in [-0.15, -0.1) is 0 Å². The van der Waals surface area contributed by atoms with Crippen LogP contribution in [-0.2, 0) is 9.53 Å². The molecular formula is C13H12FNO4. The number of aryl methyl sites for hydroxylation is 1. The second-order valence-electron chi connectivity index (χ2n) is 3.96. The molecule has 0 atom stereocenters. The number of hydrogen-bond acceptors (Lipinski definition) is 4. The minimum atomic E-state index is -0.562. The van der Waals surface area contributed by atoms with E-state index < -0.39 is 17.7 Å². The van der Waals surface area contributed by atoms with Gasteiger partial charge >= 0.3 is 5.97 Å². The Morgan fingerprint density at radius 2 is 2.16 bits per heavy atom. The maximum atomic E-state index is 13.1. The van der Waals surface area contributed by atoms with Crippen LogP contribution >= 0.6 is 0 Å². The molecule has 0 aliphatic carbocycles. The van der Waals surface area contributed by atoms with E-state index in [-0.39, 0.29) is 12.3 Å². The van der Waals surface area contributed by atoms with Crippen LogP contribution < -0.4 is 5.32 Å². The van der Waals surface area contributed by atoms with Crippen molar-refractivity contribution in [3.63, 3.8) is 0 Å². The summed E-state index contributed by atoms with van der Waals surface area (Å²) in [7, 11) is 1.23. The first-order valence-corrected chi connectivity index (χ1v) is 5.56. The van der Waals surface area contributed by atoms with Crippen molar-refractivity contribution in [2.45, 2.75) is 6.92 Å². The van der Waals surface area contributed by atoms with Crippen molar-refractivity contribution in [1.82, 2.24) is 5.32 Å². The minimum Gasteiger partial charge on any atom is -0.468 e. The summed E-state index contributed by atoms with van der Waals surface area (Å²) >= 11 is 0. The molecule has 0 unspecified atom stereocenters. The highest BCUT2D eigenvalue weighted by molar-refractivity contribution is 5.99. The monoisotopic (exact) mass is 265 g/mol. The van der Waals surface area contributed by atoms with Gasteiger partial charge in [0.2, 0.25) is 0 Å². The van der Waals surface area contributed by atoms with Gasteiger partial charge in [-0.1, -0.05) is 0 Å². The van der Waals surface area contributed by atoms with Crippen molar-refractivity contribution >= 4 is 22.8 Å². The second-order valence-corrected chi connectivity index (χ2v) is 3.96. The van der Waals surface area contributed by atoms with E-state index in [0.717, 1.165) is 0 Å². The number of furan rings is 1. The third-order valence-electron chi connectivity index (χ3n) is 2.73. The molecule has 0 saturated carbocycles. The van der Waals surface area contributed by atoms with Crippen LogP contribution in [0.1, 0.15) is 16.1 Å². The van der Waals surface area contributed by atoms with E-state index in [4.69, 9.17) is 4.42 Å². The Morgan fingerprint density at radius 3 is 2.84 bits per heavy atom. The van der Waals surface area contributed by atoms with Gasteiger partial charge in [0, 0.05) is 10.9 Å². The molecule has 0 aliphatic rings. The van der Waals surface area contributed by atoms with Gasteiger partial charge in [-0.2, -0.15) is 0 Å². The fourth-order valence-electron chi connectivity index (χ4n) is 1.71. The number of benzene rings is 1. The smallest absolute Gasteiger partial charge is 0.325 e. The first-order valence-electron chi connectivity index (χ1n) is 5.56. The molecule has 6 heteroatoms. The fourth-order valence-corrected chi connectivity index (χ4v) is 1.71. The summed E-state index contributed by atoms with van der Waals surface area (Å²) in [5.74, 6) is -1.45. The minimum absolute atomic E-state index is 0.0597. The molecular weight excluding hydrogens is 253 g/mol. The first kappa shape index (κ1) is 13.1. The number of amides is 1. The maximum absolute atomic E-state index is 13.1. The number of carbonyl (C=O) groups is 2. The molecule has 1 aromatic carbocycles. The average Bonchev–Trinajstić information content (AvgIpc) is 2.73. The molecule has 100 valence electrons. The molecule has 1 aromatic heterocycles. The van der Waals surface area contributed by atoms with Crippen LogP contribution in [0.4, 0.5) is 4.39 Å².